The van der Waals surface area contributed by atoms with Crippen LogP contribution in [0.1, 0.15) is 37.0 Å². The minimum atomic E-state index is -3.81. The van der Waals surface area contributed by atoms with Crippen molar-refractivity contribution in [1.82, 2.24) is 10.2 Å². The maximum absolute atomic E-state index is 14.1. The maximum Gasteiger partial charge on any atom is 0.244 e. The summed E-state index contributed by atoms with van der Waals surface area (Å²) in [7, 11) is -3.81. The van der Waals surface area contributed by atoms with Crippen LogP contribution in [0.3, 0.4) is 0 Å². The summed E-state index contributed by atoms with van der Waals surface area (Å²) in [5.74, 6) is -0.767. The number of sulfonamides is 1. The zero-order chi connectivity index (χ0) is 28.4. The fourth-order valence-electron chi connectivity index (χ4n) is 4.35. The Hall–Kier alpha value is -3.36. The van der Waals surface area contributed by atoms with Crippen LogP contribution in [-0.4, -0.2) is 50.5 Å². The largest absolute Gasteiger partial charge is 0.354 e. The number of amides is 2. The van der Waals surface area contributed by atoms with E-state index in [0.717, 1.165) is 33.7 Å². The van der Waals surface area contributed by atoms with E-state index in [-0.39, 0.29) is 18.9 Å². The van der Waals surface area contributed by atoms with Gasteiger partial charge in [-0.1, -0.05) is 86.1 Å². The van der Waals surface area contributed by atoms with E-state index in [0.29, 0.717) is 23.7 Å². The topological polar surface area (TPSA) is 86.8 Å². The smallest absolute Gasteiger partial charge is 0.244 e. The van der Waals surface area contributed by atoms with Gasteiger partial charge in [0.1, 0.15) is 12.6 Å². The van der Waals surface area contributed by atoms with Gasteiger partial charge in [0, 0.05) is 24.5 Å². The second kappa shape index (κ2) is 14.1. The summed E-state index contributed by atoms with van der Waals surface area (Å²) in [6.07, 6.45) is 2.71. The lowest BCUT2D eigenvalue weighted by atomic mass is 10.0. The molecule has 0 saturated carbocycles. The van der Waals surface area contributed by atoms with E-state index in [1.807, 2.05) is 56.3 Å². The summed E-state index contributed by atoms with van der Waals surface area (Å²) in [6, 6.07) is 22.8. The fraction of sp³-hybridized carbons (Fsp3) is 0.333. The van der Waals surface area contributed by atoms with E-state index in [4.69, 9.17) is 11.6 Å². The minimum absolute atomic E-state index is 0.111. The van der Waals surface area contributed by atoms with Gasteiger partial charge in [0.15, 0.2) is 0 Å². The standard InChI is InChI=1S/C30H36ClN3O4S/c1-4-19-32-30(36)28(20-23-11-7-6-8-12-23)33(21-24-15-17-26(31)18-16-24)29(35)22-34(39(3,37)38)27-14-10-9-13-25(27)5-2/h6-18,28H,4-5,19-22H2,1-3H3,(H,32,36)/t28-/m1/s1. The average Bonchev–Trinajstić information content (AvgIpc) is 2.93. The van der Waals surface area contributed by atoms with E-state index >= 15 is 0 Å². The van der Waals surface area contributed by atoms with Gasteiger partial charge in [0.05, 0.1) is 11.9 Å². The van der Waals surface area contributed by atoms with Gasteiger partial charge in [-0.2, -0.15) is 0 Å². The van der Waals surface area contributed by atoms with Crippen LogP contribution in [-0.2, 0) is 39.0 Å². The van der Waals surface area contributed by atoms with E-state index in [2.05, 4.69) is 5.32 Å². The van der Waals surface area contributed by atoms with Crippen molar-refractivity contribution in [2.45, 2.75) is 45.7 Å². The second-order valence-electron chi connectivity index (χ2n) is 9.40. The molecule has 0 fully saturated rings. The Morgan fingerprint density at radius 1 is 0.897 bits per heavy atom. The van der Waals surface area contributed by atoms with Crippen LogP contribution in [0, 0.1) is 0 Å². The highest BCUT2D eigenvalue weighted by Crippen LogP contribution is 2.25. The molecule has 208 valence electrons. The van der Waals surface area contributed by atoms with Gasteiger partial charge in [-0.3, -0.25) is 13.9 Å². The SMILES string of the molecule is CCCNC(=O)[C@@H](Cc1ccccc1)N(Cc1ccc(Cl)cc1)C(=O)CN(c1ccccc1CC)S(C)(=O)=O. The molecule has 1 atom stereocenters. The highest BCUT2D eigenvalue weighted by Gasteiger charge is 2.33. The number of hydrogen-bond acceptors (Lipinski definition) is 4. The van der Waals surface area contributed by atoms with Crippen molar-refractivity contribution in [2.75, 3.05) is 23.7 Å². The zero-order valence-electron chi connectivity index (χ0n) is 22.6. The number of nitrogens with one attached hydrogen (secondary N) is 1. The van der Waals surface area contributed by atoms with Gasteiger partial charge in [0.25, 0.3) is 0 Å². The van der Waals surface area contributed by atoms with Crippen LogP contribution in [0.25, 0.3) is 0 Å². The number of aryl methyl sites for hydroxylation is 1. The highest BCUT2D eigenvalue weighted by atomic mass is 35.5. The van der Waals surface area contributed by atoms with Crippen molar-refractivity contribution < 1.29 is 18.0 Å². The number of hydrogen-bond donors (Lipinski definition) is 1. The molecular formula is C30H36ClN3O4S. The van der Waals surface area contributed by atoms with Crippen molar-refractivity contribution in [3.05, 3.63) is 101 Å². The minimum Gasteiger partial charge on any atom is -0.354 e. The average molecular weight is 570 g/mol. The summed E-state index contributed by atoms with van der Waals surface area (Å²) in [5.41, 5.74) is 2.92. The first-order valence-corrected chi connectivity index (χ1v) is 15.3. The lowest BCUT2D eigenvalue weighted by Crippen LogP contribution is -2.53. The Kier molecular flexibility index (Phi) is 10.9. The van der Waals surface area contributed by atoms with Crippen molar-refractivity contribution in [3.8, 4) is 0 Å². The second-order valence-corrected chi connectivity index (χ2v) is 11.7. The highest BCUT2D eigenvalue weighted by molar-refractivity contribution is 7.92. The van der Waals surface area contributed by atoms with E-state index in [1.165, 1.54) is 4.90 Å². The molecule has 0 spiro atoms. The molecule has 0 radical (unpaired) electrons. The lowest BCUT2D eigenvalue weighted by molar-refractivity contribution is -0.140. The van der Waals surface area contributed by atoms with Crippen LogP contribution in [0.5, 0.6) is 0 Å². The number of carbonyl (C=O) groups is 2. The van der Waals surface area contributed by atoms with Crippen molar-refractivity contribution >= 4 is 39.1 Å². The van der Waals surface area contributed by atoms with Gasteiger partial charge < -0.3 is 10.2 Å². The molecule has 2 amide bonds. The third kappa shape index (κ3) is 8.57. The fourth-order valence-corrected chi connectivity index (χ4v) is 5.36. The molecule has 0 saturated heterocycles. The van der Waals surface area contributed by atoms with Crippen molar-refractivity contribution in [1.29, 1.82) is 0 Å². The molecule has 0 unspecified atom stereocenters. The molecule has 0 aromatic heterocycles. The molecule has 9 heteroatoms. The third-order valence-electron chi connectivity index (χ3n) is 6.41. The number of anilines is 1. The Bertz CT molecular complexity index is 1350. The molecule has 0 heterocycles. The first-order chi connectivity index (χ1) is 18.6. The van der Waals surface area contributed by atoms with Crippen LogP contribution < -0.4 is 9.62 Å². The van der Waals surface area contributed by atoms with Gasteiger partial charge in [-0.25, -0.2) is 8.42 Å². The van der Waals surface area contributed by atoms with Gasteiger partial charge in [0.2, 0.25) is 21.8 Å². The monoisotopic (exact) mass is 569 g/mol. The molecule has 0 aliphatic rings. The Labute approximate surface area is 236 Å². The number of rotatable bonds is 13. The predicted octanol–water partition coefficient (Wildman–Crippen LogP) is 4.83. The molecule has 0 aliphatic heterocycles. The Balaban J connectivity index is 2.05. The maximum atomic E-state index is 14.1. The number of para-hydroxylation sites is 1. The Morgan fingerprint density at radius 2 is 1.54 bits per heavy atom. The summed E-state index contributed by atoms with van der Waals surface area (Å²) in [4.78, 5) is 29.0. The van der Waals surface area contributed by atoms with Crippen LogP contribution in [0.4, 0.5) is 5.69 Å². The van der Waals surface area contributed by atoms with Gasteiger partial charge in [-0.05, 0) is 47.7 Å². The van der Waals surface area contributed by atoms with Crippen molar-refractivity contribution in [3.63, 3.8) is 0 Å². The van der Waals surface area contributed by atoms with Crippen LogP contribution in [0.15, 0.2) is 78.9 Å². The Morgan fingerprint density at radius 3 is 2.15 bits per heavy atom. The zero-order valence-corrected chi connectivity index (χ0v) is 24.2. The molecule has 7 nitrogen and oxygen atoms in total. The van der Waals surface area contributed by atoms with E-state index in [1.54, 1.807) is 36.4 Å². The normalized spacial score (nSPS) is 12.0. The molecule has 0 aliphatic carbocycles. The quantitative estimate of drug-likeness (QED) is 0.319. The molecular weight excluding hydrogens is 534 g/mol. The van der Waals surface area contributed by atoms with Crippen LogP contribution >= 0.6 is 11.6 Å². The predicted molar refractivity (Wildman–Crippen MR) is 157 cm³/mol. The lowest BCUT2D eigenvalue weighted by Gasteiger charge is -2.34. The summed E-state index contributed by atoms with van der Waals surface area (Å²) in [5, 5.41) is 3.48. The first kappa shape index (κ1) is 30.2. The molecule has 3 aromatic carbocycles. The van der Waals surface area contributed by atoms with Crippen LogP contribution in [0.2, 0.25) is 5.02 Å². The number of nitrogens with zero attached hydrogens (tertiary/aromatic N) is 2. The van der Waals surface area contributed by atoms with E-state index < -0.39 is 28.5 Å². The summed E-state index contributed by atoms with van der Waals surface area (Å²) < 4.78 is 27.0. The third-order valence-corrected chi connectivity index (χ3v) is 7.79. The summed E-state index contributed by atoms with van der Waals surface area (Å²) in [6.45, 7) is 4.03. The van der Waals surface area contributed by atoms with Gasteiger partial charge in [-0.15, -0.1) is 0 Å². The molecule has 1 N–H and O–H groups in total. The first-order valence-electron chi connectivity index (χ1n) is 13.0. The molecule has 3 rings (SSSR count). The summed E-state index contributed by atoms with van der Waals surface area (Å²) >= 11 is 6.09. The number of benzene rings is 3. The van der Waals surface area contributed by atoms with Crippen molar-refractivity contribution in [2.24, 2.45) is 0 Å². The van der Waals surface area contributed by atoms with E-state index in [9.17, 15) is 18.0 Å². The number of carbonyl (C=O) groups excluding carboxylic acids is 2. The van der Waals surface area contributed by atoms with Gasteiger partial charge >= 0.3 is 0 Å². The molecule has 3 aromatic rings. The molecule has 39 heavy (non-hydrogen) atoms. The molecule has 0 bridgehead atoms. The number of halogens is 1.